The van der Waals surface area contributed by atoms with Crippen LogP contribution in [0.25, 0.3) is 16.7 Å². The number of nitrogens with zero attached hydrogens (tertiary/aromatic N) is 4. The van der Waals surface area contributed by atoms with Crippen molar-refractivity contribution in [2.24, 2.45) is 0 Å². The minimum absolute atomic E-state index is 0.0714. The van der Waals surface area contributed by atoms with Crippen molar-refractivity contribution in [3.63, 3.8) is 0 Å². The van der Waals surface area contributed by atoms with E-state index in [0.717, 1.165) is 11.5 Å². The molecule has 0 unspecified atom stereocenters. The first-order chi connectivity index (χ1) is 11.1. The zero-order valence-electron chi connectivity index (χ0n) is 13.6. The molecule has 2 aromatic heterocycles. The van der Waals surface area contributed by atoms with E-state index in [4.69, 9.17) is 9.72 Å². The Labute approximate surface area is 134 Å². The molecule has 3 rings (SSSR count). The molecule has 0 bridgehead atoms. The van der Waals surface area contributed by atoms with E-state index < -0.39 is 0 Å². The highest BCUT2D eigenvalue weighted by molar-refractivity contribution is 5.75. The maximum atomic E-state index is 12.8. The first-order valence-corrected chi connectivity index (χ1v) is 7.66. The first-order valence-electron chi connectivity index (χ1n) is 7.66. The van der Waals surface area contributed by atoms with Crippen LogP contribution in [0.15, 0.2) is 41.3 Å². The molecular weight excluding hydrogens is 292 g/mol. The zero-order chi connectivity index (χ0) is 16.4. The lowest BCUT2D eigenvalue weighted by atomic mass is 10.2. The summed E-state index contributed by atoms with van der Waals surface area (Å²) < 4.78 is 8.51. The van der Waals surface area contributed by atoms with Crippen LogP contribution in [-0.4, -0.2) is 33.0 Å². The van der Waals surface area contributed by atoms with Gasteiger partial charge in [-0.1, -0.05) is 32.0 Å². The highest BCUT2D eigenvalue weighted by Crippen LogP contribution is 2.17. The minimum Gasteiger partial charge on any atom is -0.383 e. The van der Waals surface area contributed by atoms with Gasteiger partial charge < -0.3 is 4.74 Å². The van der Waals surface area contributed by atoms with E-state index in [9.17, 15) is 4.79 Å². The first kappa shape index (κ1) is 15.4. The van der Waals surface area contributed by atoms with Crippen LogP contribution in [0.3, 0.4) is 0 Å². The maximum absolute atomic E-state index is 12.8. The van der Waals surface area contributed by atoms with Crippen molar-refractivity contribution in [1.82, 2.24) is 19.3 Å². The fourth-order valence-corrected chi connectivity index (χ4v) is 2.62. The third-order valence-electron chi connectivity index (χ3n) is 3.75. The molecule has 0 N–H and O–H groups in total. The van der Waals surface area contributed by atoms with E-state index in [1.165, 1.54) is 0 Å². The van der Waals surface area contributed by atoms with Gasteiger partial charge in [-0.25, -0.2) is 9.67 Å². The second-order valence-electron chi connectivity index (χ2n) is 5.70. The summed E-state index contributed by atoms with van der Waals surface area (Å²) in [6.45, 7) is 5.02. The third kappa shape index (κ3) is 2.77. The van der Waals surface area contributed by atoms with E-state index in [-0.39, 0.29) is 11.5 Å². The van der Waals surface area contributed by atoms with Crippen LogP contribution in [-0.2, 0) is 11.3 Å². The Kier molecular flexibility index (Phi) is 4.25. The van der Waals surface area contributed by atoms with Gasteiger partial charge in [0.2, 0.25) is 0 Å². The SMILES string of the molecule is COCCn1c(C(C)C)nc2c(cnn2-c2ccccc2)c1=O. The number of ether oxygens (including phenoxy) is 1. The summed E-state index contributed by atoms with van der Waals surface area (Å²) in [6.07, 6.45) is 1.59. The molecule has 0 aliphatic heterocycles. The Morgan fingerprint density at radius 1 is 1.22 bits per heavy atom. The molecule has 0 radical (unpaired) electrons. The van der Waals surface area contributed by atoms with Gasteiger partial charge in [0.25, 0.3) is 5.56 Å². The number of rotatable bonds is 5. The van der Waals surface area contributed by atoms with Crippen LogP contribution < -0.4 is 5.56 Å². The van der Waals surface area contributed by atoms with Gasteiger partial charge in [-0.2, -0.15) is 5.10 Å². The van der Waals surface area contributed by atoms with Gasteiger partial charge in [0.15, 0.2) is 5.65 Å². The largest absolute Gasteiger partial charge is 0.383 e. The lowest BCUT2D eigenvalue weighted by molar-refractivity contribution is 0.184. The third-order valence-corrected chi connectivity index (χ3v) is 3.75. The van der Waals surface area contributed by atoms with E-state index >= 15 is 0 Å². The Morgan fingerprint density at radius 2 is 1.96 bits per heavy atom. The van der Waals surface area contributed by atoms with Crippen molar-refractivity contribution in [2.45, 2.75) is 26.3 Å². The van der Waals surface area contributed by atoms with Crippen molar-refractivity contribution in [1.29, 1.82) is 0 Å². The van der Waals surface area contributed by atoms with Crippen LogP contribution in [0, 0.1) is 0 Å². The van der Waals surface area contributed by atoms with Gasteiger partial charge in [0.05, 0.1) is 25.0 Å². The summed E-state index contributed by atoms with van der Waals surface area (Å²) in [4.78, 5) is 17.6. The number of fused-ring (bicyclic) bond motifs is 1. The zero-order valence-corrected chi connectivity index (χ0v) is 13.6. The fraction of sp³-hybridized carbons (Fsp3) is 0.353. The Bertz CT molecular complexity index is 865. The molecule has 0 spiro atoms. The lowest BCUT2D eigenvalue weighted by Crippen LogP contribution is -2.27. The maximum Gasteiger partial charge on any atom is 0.264 e. The number of hydrogen-bond acceptors (Lipinski definition) is 4. The molecule has 1 aromatic carbocycles. The van der Waals surface area contributed by atoms with E-state index in [2.05, 4.69) is 5.10 Å². The molecule has 0 aliphatic rings. The number of para-hydroxylation sites is 1. The van der Waals surface area contributed by atoms with Crippen molar-refractivity contribution in [3.05, 3.63) is 52.7 Å². The molecule has 0 fully saturated rings. The quantitative estimate of drug-likeness (QED) is 0.725. The summed E-state index contributed by atoms with van der Waals surface area (Å²) in [7, 11) is 1.62. The summed E-state index contributed by atoms with van der Waals surface area (Å²) in [5.41, 5.74) is 1.41. The van der Waals surface area contributed by atoms with E-state index in [1.54, 1.807) is 22.6 Å². The monoisotopic (exact) mass is 312 g/mol. The molecule has 120 valence electrons. The van der Waals surface area contributed by atoms with Crippen LogP contribution >= 0.6 is 0 Å². The average molecular weight is 312 g/mol. The standard InChI is InChI=1S/C17H20N4O2/c1-12(2)15-19-16-14(17(22)20(15)9-10-23-3)11-18-21(16)13-7-5-4-6-8-13/h4-8,11-12H,9-10H2,1-3H3. The number of aromatic nitrogens is 4. The number of hydrogen-bond donors (Lipinski definition) is 0. The molecule has 2 heterocycles. The minimum atomic E-state index is -0.0714. The second-order valence-corrected chi connectivity index (χ2v) is 5.70. The van der Waals surface area contributed by atoms with Crippen LogP contribution in [0.2, 0.25) is 0 Å². The number of methoxy groups -OCH3 is 1. The summed E-state index contributed by atoms with van der Waals surface area (Å²) in [6, 6.07) is 9.71. The van der Waals surface area contributed by atoms with E-state index in [0.29, 0.717) is 24.2 Å². The summed E-state index contributed by atoms with van der Waals surface area (Å²) in [5, 5.41) is 4.88. The molecule has 6 heteroatoms. The number of benzene rings is 1. The molecule has 3 aromatic rings. The van der Waals surface area contributed by atoms with Gasteiger partial charge in [0.1, 0.15) is 11.2 Å². The summed E-state index contributed by atoms with van der Waals surface area (Å²) >= 11 is 0. The van der Waals surface area contributed by atoms with Crippen LogP contribution in [0.5, 0.6) is 0 Å². The average Bonchev–Trinajstić information content (AvgIpc) is 2.98. The van der Waals surface area contributed by atoms with Gasteiger partial charge in [-0.3, -0.25) is 9.36 Å². The van der Waals surface area contributed by atoms with Crippen LogP contribution in [0.4, 0.5) is 0 Å². The predicted molar refractivity (Wildman–Crippen MR) is 89.1 cm³/mol. The Balaban J connectivity index is 2.24. The molecule has 23 heavy (non-hydrogen) atoms. The highest BCUT2D eigenvalue weighted by Gasteiger charge is 2.17. The van der Waals surface area contributed by atoms with Crippen molar-refractivity contribution in [3.8, 4) is 5.69 Å². The fourth-order valence-electron chi connectivity index (χ4n) is 2.62. The van der Waals surface area contributed by atoms with Crippen molar-refractivity contribution < 1.29 is 4.74 Å². The second kappa shape index (κ2) is 6.34. The highest BCUT2D eigenvalue weighted by atomic mass is 16.5. The normalized spacial score (nSPS) is 11.5. The topological polar surface area (TPSA) is 61.9 Å². The van der Waals surface area contributed by atoms with Gasteiger partial charge in [-0.05, 0) is 12.1 Å². The van der Waals surface area contributed by atoms with Gasteiger partial charge in [-0.15, -0.1) is 0 Å². The smallest absolute Gasteiger partial charge is 0.264 e. The predicted octanol–water partition coefficient (Wildman–Crippen LogP) is 2.35. The van der Waals surface area contributed by atoms with E-state index in [1.807, 2.05) is 44.2 Å². The summed E-state index contributed by atoms with van der Waals surface area (Å²) in [5.74, 6) is 0.875. The molecule has 6 nitrogen and oxygen atoms in total. The molecule has 0 aliphatic carbocycles. The van der Waals surface area contributed by atoms with Gasteiger partial charge in [0, 0.05) is 13.0 Å². The van der Waals surface area contributed by atoms with Crippen LogP contribution in [0.1, 0.15) is 25.6 Å². The van der Waals surface area contributed by atoms with Crippen molar-refractivity contribution in [2.75, 3.05) is 13.7 Å². The Hall–Kier alpha value is -2.47. The lowest BCUT2D eigenvalue weighted by Gasteiger charge is -2.15. The molecule has 0 saturated carbocycles. The van der Waals surface area contributed by atoms with Crippen molar-refractivity contribution >= 4 is 11.0 Å². The molecule has 0 atom stereocenters. The molecule has 0 saturated heterocycles. The Morgan fingerprint density at radius 3 is 2.61 bits per heavy atom. The van der Waals surface area contributed by atoms with Gasteiger partial charge >= 0.3 is 0 Å². The molecule has 0 amide bonds. The molecular formula is C17H20N4O2.